The highest BCUT2D eigenvalue weighted by atomic mass is 32.1. The summed E-state index contributed by atoms with van der Waals surface area (Å²) >= 11 is 1.13. The molecule has 1 aromatic heterocycles. The first-order valence-corrected chi connectivity index (χ1v) is 3.94. The monoisotopic (exact) mass is 183 g/mol. The highest BCUT2D eigenvalue weighted by Crippen LogP contribution is 2.17. The van der Waals surface area contributed by atoms with Crippen LogP contribution in [0.5, 0.6) is 0 Å². The van der Waals surface area contributed by atoms with Crippen LogP contribution in [0, 0.1) is 0 Å². The molecule has 0 saturated carbocycles. The number of rotatable bonds is 3. The zero-order valence-electron chi connectivity index (χ0n) is 5.97. The van der Waals surface area contributed by atoms with Gasteiger partial charge in [-0.1, -0.05) is 5.11 Å². The molecule has 0 bridgehead atoms. The second-order valence-electron chi connectivity index (χ2n) is 1.97. The van der Waals surface area contributed by atoms with E-state index in [0.29, 0.717) is 5.56 Å². The van der Waals surface area contributed by atoms with Crippen molar-refractivity contribution in [1.29, 1.82) is 0 Å². The average Bonchev–Trinajstić information content (AvgIpc) is 2.48. The normalized spacial score (nSPS) is 9.00. The van der Waals surface area contributed by atoms with E-state index >= 15 is 0 Å². The highest BCUT2D eigenvalue weighted by Gasteiger charge is 2.09. The Morgan fingerprint density at radius 1 is 1.83 bits per heavy atom. The maximum atomic E-state index is 10.5. The molecule has 1 N–H and O–H groups in total. The van der Waals surface area contributed by atoms with Gasteiger partial charge in [0, 0.05) is 4.91 Å². The van der Waals surface area contributed by atoms with Crippen LogP contribution >= 0.6 is 11.3 Å². The lowest BCUT2D eigenvalue weighted by molar-refractivity contribution is 0.0701. The molecule has 1 heterocycles. The van der Waals surface area contributed by atoms with E-state index in [0.717, 1.165) is 11.3 Å². The molecule has 0 atom stereocenters. The van der Waals surface area contributed by atoms with Gasteiger partial charge in [0.2, 0.25) is 0 Å². The molecule has 0 saturated heterocycles. The maximum Gasteiger partial charge on any atom is 0.346 e. The second kappa shape index (κ2) is 3.75. The van der Waals surface area contributed by atoms with Gasteiger partial charge in [0.1, 0.15) is 4.88 Å². The predicted molar refractivity (Wildman–Crippen MR) is 44.1 cm³/mol. The lowest BCUT2D eigenvalue weighted by Crippen LogP contribution is -1.95. The molecule has 0 aromatic carbocycles. The molecule has 0 spiro atoms. The molecule has 0 radical (unpaired) electrons. The molecule has 1 rings (SSSR count). The minimum Gasteiger partial charge on any atom is -0.477 e. The van der Waals surface area contributed by atoms with Crippen LogP contribution in [0.4, 0.5) is 0 Å². The molecule has 0 aliphatic carbocycles. The van der Waals surface area contributed by atoms with Crippen LogP contribution in [0.3, 0.4) is 0 Å². The smallest absolute Gasteiger partial charge is 0.346 e. The summed E-state index contributed by atoms with van der Waals surface area (Å²) in [6.07, 6.45) is 0. The van der Waals surface area contributed by atoms with Gasteiger partial charge >= 0.3 is 5.97 Å². The van der Waals surface area contributed by atoms with Crippen molar-refractivity contribution in [2.75, 3.05) is 0 Å². The molecule has 62 valence electrons. The third-order valence-electron chi connectivity index (χ3n) is 1.25. The third-order valence-corrected chi connectivity index (χ3v) is 2.19. The first-order chi connectivity index (χ1) is 5.75. The Balaban J connectivity index is 2.91. The van der Waals surface area contributed by atoms with Gasteiger partial charge in [-0.05, 0) is 22.5 Å². The van der Waals surface area contributed by atoms with Crippen molar-refractivity contribution in [3.63, 3.8) is 0 Å². The van der Waals surface area contributed by atoms with Crippen molar-refractivity contribution in [2.45, 2.75) is 6.54 Å². The van der Waals surface area contributed by atoms with E-state index in [-0.39, 0.29) is 11.4 Å². The van der Waals surface area contributed by atoms with Crippen LogP contribution < -0.4 is 0 Å². The summed E-state index contributed by atoms with van der Waals surface area (Å²) in [6, 6.07) is 1.64. The fraction of sp³-hybridized carbons (Fsp3) is 0.167. The molecule has 0 unspecified atom stereocenters. The number of nitrogens with zero attached hydrogens (tertiary/aromatic N) is 3. The van der Waals surface area contributed by atoms with Crippen molar-refractivity contribution in [1.82, 2.24) is 0 Å². The molecule has 0 aliphatic rings. The Morgan fingerprint density at radius 2 is 2.58 bits per heavy atom. The number of carboxylic acid groups (broad SMARTS) is 1. The van der Waals surface area contributed by atoms with Crippen LogP contribution in [0.1, 0.15) is 15.2 Å². The van der Waals surface area contributed by atoms with Crippen LogP contribution in [0.2, 0.25) is 0 Å². The van der Waals surface area contributed by atoms with Crippen molar-refractivity contribution >= 4 is 17.3 Å². The summed E-state index contributed by atoms with van der Waals surface area (Å²) in [6.45, 7) is 0.0988. The minimum absolute atomic E-state index is 0.0988. The molecule has 1 aromatic rings. The van der Waals surface area contributed by atoms with Crippen LogP contribution in [-0.4, -0.2) is 11.1 Å². The van der Waals surface area contributed by atoms with Gasteiger partial charge in [-0.15, -0.1) is 11.3 Å². The zero-order chi connectivity index (χ0) is 8.97. The van der Waals surface area contributed by atoms with Gasteiger partial charge in [0.15, 0.2) is 0 Å². The Hall–Kier alpha value is -1.52. The van der Waals surface area contributed by atoms with Gasteiger partial charge in [-0.3, -0.25) is 0 Å². The number of hydrogen-bond donors (Lipinski definition) is 1. The topological polar surface area (TPSA) is 86.1 Å². The fourth-order valence-corrected chi connectivity index (χ4v) is 1.51. The van der Waals surface area contributed by atoms with E-state index in [2.05, 4.69) is 10.0 Å². The van der Waals surface area contributed by atoms with Crippen molar-refractivity contribution in [3.05, 3.63) is 32.3 Å². The molecular weight excluding hydrogens is 178 g/mol. The summed E-state index contributed by atoms with van der Waals surface area (Å²) in [7, 11) is 0. The van der Waals surface area contributed by atoms with E-state index < -0.39 is 5.97 Å². The summed E-state index contributed by atoms with van der Waals surface area (Å²) < 4.78 is 0. The van der Waals surface area contributed by atoms with Crippen LogP contribution in [0.15, 0.2) is 16.6 Å². The summed E-state index contributed by atoms with van der Waals surface area (Å²) in [4.78, 5) is 13.3. The fourth-order valence-electron chi connectivity index (χ4n) is 0.756. The van der Waals surface area contributed by atoms with Gasteiger partial charge in [-0.25, -0.2) is 4.79 Å². The van der Waals surface area contributed by atoms with Gasteiger partial charge in [-0.2, -0.15) is 0 Å². The molecule has 5 nitrogen and oxygen atoms in total. The van der Waals surface area contributed by atoms with Crippen LogP contribution in [0.25, 0.3) is 10.4 Å². The predicted octanol–water partition coefficient (Wildman–Crippen LogP) is 2.26. The molecule has 6 heteroatoms. The zero-order valence-corrected chi connectivity index (χ0v) is 6.78. The van der Waals surface area contributed by atoms with Gasteiger partial charge < -0.3 is 5.11 Å². The number of azide groups is 1. The number of aromatic carboxylic acids is 1. The van der Waals surface area contributed by atoms with Crippen molar-refractivity contribution in [2.24, 2.45) is 5.11 Å². The standard InChI is InChI=1S/C6H5N3O2S/c7-9-8-3-4-1-2-12-5(4)6(10)11/h1-2H,3H2,(H,10,11). The van der Waals surface area contributed by atoms with Crippen molar-refractivity contribution in [3.8, 4) is 0 Å². The quantitative estimate of drug-likeness (QED) is 0.442. The summed E-state index contributed by atoms with van der Waals surface area (Å²) in [5.41, 5.74) is 8.57. The Kier molecular flexibility index (Phi) is 2.68. The van der Waals surface area contributed by atoms with E-state index in [1.165, 1.54) is 0 Å². The lowest BCUT2D eigenvalue weighted by Gasteiger charge is -1.91. The first kappa shape index (κ1) is 8.58. The van der Waals surface area contributed by atoms with Crippen LogP contribution in [-0.2, 0) is 6.54 Å². The average molecular weight is 183 g/mol. The first-order valence-electron chi connectivity index (χ1n) is 3.06. The molecule has 12 heavy (non-hydrogen) atoms. The maximum absolute atomic E-state index is 10.5. The molecule has 0 aliphatic heterocycles. The van der Waals surface area contributed by atoms with Gasteiger partial charge in [0.05, 0.1) is 6.54 Å². The Labute approximate surface area is 71.9 Å². The van der Waals surface area contributed by atoms with E-state index in [1.807, 2.05) is 0 Å². The van der Waals surface area contributed by atoms with E-state index in [4.69, 9.17) is 10.6 Å². The Morgan fingerprint density at radius 3 is 3.17 bits per heavy atom. The summed E-state index contributed by atoms with van der Waals surface area (Å²) in [5, 5.41) is 13.6. The third kappa shape index (κ3) is 1.75. The van der Waals surface area contributed by atoms with Gasteiger partial charge in [0.25, 0.3) is 0 Å². The second-order valence-corrected chi connectivity index (χ2v) is 2.89. The molecular formula is C6H5N3O2S. The largest absolute Gasteiger partial charge is 0.477 e. The minimum atomic E-state index is -0.979. The highest BCUT2D eigenvalue weighted by molar-refractivity contribution is 7.12. The van der Waals surface area contributed by atoms with E-state index in [1.54, 1.807) is 11.4 Å². The molecule has 0 amide bonds. The Bertz CT molecular complexity index is 340. The molecule has 0 fully saturated rings. The van der Waals surface area contributed by atoms with E-state index in [9.17, 15) is 4.79 Å². The number of carbonyl (C=O) groups is 1. The number of carboxylic acids is 1. The van der Waals surface area contributed by atoms with Crippen molar-refractivity contribution < 1.29 is 9.90 Å². The number of hydrogen-bond acceptors (Lipinski definition) is 3. The SMILES string of the molecule is [N-]=[N+]=NCc1ccsc1C(=O)O. The summed E-state index contributed by atoms with van der Waals surface area (Å²) in [5.74, 6) is -0.979. The lowest BCUT2D eigenvalue weighted by atomic mass is 10.2. The number of thiophene rings is 1.